The lowest BCUT2D eigenvalue weighted by atomic mass is 9.89. The van der Waals surface area contributed by atoms with E-state index < -0.39 is 0 Å². The second-order valence-corrected chi connectivity index (χ2v) is 13.7. The lowest BCUT2D eigenvalue weighted by Gasteiger charge is -2.35. The molecule has 1 heterocycles. The van der Waals surface area contributed by atoms with Crippen LogP contribution in [0.4, 0.5) is 17.1 Å². The van der Waals surface area contributed by atoms with Crippen LogP contribution in [0.25, 0.3) is 0 Å². The van der Waals surface area contributed by atoms with Gasteiger partial charge in [-0.15, -0.1) is 0 Å². The maximum Gasteiger partial charge on any atom is 0.227 e. The van der Waals surface area contributed by atoms with Crippen molar-refractivity contribution in [1.29, 1.82) is 0 Å². The van der Waals surface area contributed by atoms with Gasteiger partial charge in [-0.2, -0.15) is 0 Å². The van der Waals surface area contributed by atoms with E-state index in [-0.39, 0.29) is 48.8 Å². The fourth-order valence-corrected chi connectivity index (χ4v) is 6.71. The molecule has 0 unspecified atom stereocenters. The number of aliphatic hydroxyl groups is 1. The highest BCUT2D eigenvalue weighted by Gasteiger charge is 2.31. The van der Waals surface area contributed by atoms with E-state index in [1.54, 1.807) is 17.0 Å². The number of hydrogen-bond donors (Lipinski definition) is 4. The van der Waals surface area contributed by atoms with Crippen LogP contribution < -0.4 is 21.1 Å². The molecule has 1 fully saturated rings. The van der Waals surface area contributed by atoms with E-state index in [2.05, 4.69) is 29.5 Å². The molecule has 258 valence electrons. The molecule has 47 heavy (non-hydrogen) atoms. The molecule has 0 saturated heterocycles. The number of ether oxygens (including phenoxy) is 1. The first-order chi connectivity index (χ1) is 22.6. The first-order valence-corrected chi connectivity index (χ1v) is 17.5. The summed E-state index contributed by atoms with van der Waals surface area (Å²) in [6.45, 7) is 6.16. The molecule has 2 aromatic rings. The number of nitrogens with two attached hydrogens (primary N) is 1. The van der Waals surface area contributed by atoms with Crippen LogP contribution in [0.5, 0.6) is 5.75 Å². The summed E-state index contributed by atoms with van der Waals surface area (Å²) in [7, 11) is 2.16. The van der Waals surface area contributed by atoms with Gasteiger partial charge in [-0.25, -0.2) is 0 Å². The maximum atomic E-state index is 13.6. The number of para-hydroxylation sites is 2. The molecule has 3 amide bonds. The number of likely N-dealkylation sites (N-methyl/N-ethyl adjacent to an activating group) is 1. The number of rotatable bonds is 14. The quantitative estimate of drug-likeness (QED) is 0.158. The average molecular weight is 650 g/mol. The Morgan fingerprint density at radius 2 is 1.72 bits per heavy atom. The highest BCUT2D eigenvalue weighted by molar-refractivity contribution is 5.94. The van der Waals surface area contributed by atoms with Crippen LogP contribution in [-0.2, 0) is 20.8 Å². The summed E-state index contributed by atoms with van der Waals surface area (Å²) in [6.07, 6.45) is 9.23. The molecule has 10 nitrogen and oxygen atoms in total. The van der Waals surface area contributed by atoms with Crippen molar-refractivity contribution in [2.24, 2.45) is 11.8 Å². The Kier molecular flexibility index (Phi) is 13.9. The monoisotopic (exact) mass is 649 g/mol. The summed E-state index contributed by atoms with van der Waals surface area (Å²) in [5.41, 5.74) is 8.37. The van der Waals surface area contributed by atoms with E-state index in [0.717, 1.165) is 25.1 Å². The first kappa shape index (κ1) is 36.2. The molecule has 0 bridgehead atoms. The highest BCUT2D eigenvalue weighted by atomic mass is 16.5. The summed E-state index contributed by atoms with van der Waals surface area (Å²) in [5.74, 6) is 1.14. The van der Waals surface area contributed by atoms with E-state index in [1.807, 2.05) is 37.3 Å². The first-order valence-electron chi connectivity index (χ1n) is 17.5. The van der Waals surface area contributed by atoms with Gasteiger partial charge in [0.05, 0.1) is 30.4 Å². The highest BCUT2D eigenvalue weighted by Crippen LogP contribution is 2.30. The fraction of sp³-hybridized carbons (Fsp3) is 0.595. The van der Waals surface area contributed by atoms with Gasteiger partial charge < -0.3 is 36.0 Å². The smallest absolute Gasteiger partial charge is 0.227 e. The Labute approximate surface area is 280 Å². The van der Waals surface area contributed by atoms with Crippen LogP contribution in [0.1, 0.15) is 83.6 Å². The van der Waals surface area contributed by atoms with E-state index in [4.69, 9.17) is 10.5 Å². The molecule has 10 heteroatoms. The molecular formula is C37H55N5O5. The third-order valence-electron chi connectivity index (χ3n) is 9.53. The summed E-state index contributed by atoms with van der Waals surface area (Å²) < 4.78 is 6.68. The Morgan fingerprint density at radius 3 is 2.43 bits per heavy atom. The van der Waals surface area contributed by atoms with Gasteiger partial charge in [-0.1, -0.05) is 44.7 Å². The predicted octanol–water partition coefficient (Wildman–Crippen LogP) is 5.46. The fourth-order valence-electron chi connectivity index (χ4n) is 6.71. The number of fused-ring (bicyclic) bond motifs is 1. The van der Waals surface area contributed by atoms with Crippen LogP contribution in [0.3, 0.4) is 0 Å². The Bertz CT molecular complexity index is 1330. The molecule has 3 atom stereocenters. The van der Waals surface area contributed by atoms with Crippen molar-refractivity contribution in [2.45, 2.75) is 96.6 Å². The number of aliphatic hydroxyl groups excluding tert-OH is 1. The molecule has 4 rings (SSSR count). The topological polar surface area (TPSA) is 137 Å². The van der Waals surface area contributed by atoms with Gasteiger partial charge in [-0.05, 0) is 75.9 Å². The number of nitrogen functional groups attached to an aromatic ring is 1. The number of nitrogens with zero attached hydrogens (tertiary/aromatic N) is 2. The van der Waals surface area contributed by atoms with Gasteiger partial charge >= 0.3 is 0 Å². The third kappa shape index (κ3) is 11.2. The van der Waals surface area contributed by atoms with Crippen LogP contribution in [-0.4, -0.2) is 78.1 Å². The largest absolute Gasteiger partial charge is 0.488 e. The van der Waals surface area contributed by atoms with Crippen LogP contribution in [0, 0.1) is 11.8 Å². The van der Waals surface area contributed by atoms with Gasteiger partial charge in [0.1, 0.15) is 11.9 Å². The summed E-state index contributed by atoms with van der Waals surface area (Å²) >= 11 is 0. The van der Waals surface area contributed by atoms with Crippen LogP contribution in [0.2, 0.25) is 0 Å². The maximum absolute atomic E-state index is 13.6. The number of hydrogen-bond acceptors (Lipinski definition) is 7. The minimum Gasteiger partial charge on any atom is -0.488 e. The lowest BCUT2D eigenvalue weighted by Crippen LogP contribution is -2.48. The van der Waals surface area contributed by atoms with E-state index in [1.165, 1.54) is 32.1 Å². The summed E-state index contributed by atoms with van der Waals surface area (Å²) in [4.78, 5) is 42.8. The number of benzene rings is 2. The molecular weight excluding hydrogens is 594 g/mol. The van der Waals surface area contributed by atoms with Crippen molar-refractivity contribution < 1.29 is 24.2 Å². The van der Waals surface area contributed by atoms with Crippen molar-refractivity contribution in [3.8, 4) is 5.75 Å². The molecule has 2 aliphatic rings. The Hall–Kier alpha value is -3.63. The van der Waals surface area contributed by atoms with Crippen molar-refractivity contribution in [3.05, 3.63) is 48.0 Å². The SMILES string of the molecule is C[C@@H]1CN([C@@H](C)CO)C(=O)Cc2cc(NC(=O)CCCCCC(=O)Nc3ccccc3N)ccc2O[C@@H]1CN(C)CC1CCCCC1. The van der Waals surface area contributed by atoms with Gasteiger partial charge in [0.15, 0.2) is 0 Å². The van der Waals surface area contributed by atoms with E-state index in [9.17, 15) is 19.5 Å². The lowest BCUT2D eigenvalue weighted by molar-refractivity contribution is -0.134. The predicted molar refractivity (Wildman–Crippen MR) is 187 cm³/mol. The number of unbranched alkanes of at least 4 members (excludes halogenated alkanes) is 2. The van der Waals surface area contributed by atoms with Crippen molar-refractivity contribution in [3.63, 3.8) is 0 Å². The van der Waals surface area contributed by atoms with Gasteiger partial charge in [0.25, 0.3) is 0 Å². The normalized spacial score (nSPS) is 19.6. The number of carbonyl (C=O) groups excluding carboxylic acids is 3. The molecule has 0 radical (unpaired) electrons. The van der Waals surface area contributed by atoms with Gasteiger partial charge in [-0.3, -0.25) is 14.4 Å². The second-order valence-electron chi connectivity index (χ2n) is 13.7. The van der Waals surface area contributed by atoms with Crippen LogP contribution in [0.15, 0.2) is 42.5 Å². The van der Waals surface area contributed by atoms with Crippen molar-refractivity contribution in [1.82, 2.24) is 9.80 Å². The molecule has 0 aromatic heterocycles. The number of nitrogens with one attached hydrogen (secondary N) is 2. The van der Waals surface area contributed by atoms with E-state index in [0.29, 0.717) is 61.0 Å². The second kappa shape index (κ2) is 18.1. The molecule has 0 spiro atoms. The van der Waals surface area contributed by atoms with Gasteiger partial charge in [0.2, 0.25) is 17.7 Å². The molecule has 1 saturated carbocycles. The van der Waals surface area contributed by atoms with Gasteiger partial charge in [0, 0.05) is 49.6 Å². The minimum atomic E-state index is -0.308. The molecule has 1 aliphatic carbocycles. The zero-order valence-electron chi connectivity index (χ0n) is 28.5. The number of anilines is 3. The third-order valence-corrected chi connectivity index (χ3v) is 9.53. The summed E-state index contributed by atoms with van der Waals surface area (Å²) in [6, 6.07) is 12.4. The Balaban J connectivity index is 1.34. The average Bonchev–Trinajstić information content (AvgIpc) is 3.09. The molecule has 2 aromatic carbocycles. The standard InChI is InChI=1S/C37H55N5O5/c1-26-22-42(27(2)25-43)37(46)21-29-20-30(18-19-33(29)47-34(26)24-41(3)23-28-12-6-4-7-13-28)39-35(44)16-8-5-9-17-36(45)40-32-15-11-10-14-31(32)38/h10-11,14-15,18-20,26-28,34,43H,4-9,12-13,16-17,21-25,38H2,1-3H3,(H,39,44)(H,40,45)/t26-,27+,34-/m1/s1. The Morgan fingerprint density at radius 1 is 1.02 bits per heavy atom. The van der Waals surface area contributed by atoms with E-state index >= 15 is 0 Å². The zero-order valence-corrected chi connectivity index (χ0v) is 28.5. The number of amides is 3. The van der Waals surface area contributed by atoms with Crippen molar-refractivity contribution >= 4 is 34.8 Å². The van der Waals surface area contributed by atoms with Crippen LogP contribution >= 0.6 is 0 Å². The minimum absolute atomic E-state index is 0.0506. The zero-order chi connectivity index (χ0) is 33.8. The summed E-state index contributed by atoms with van der Waals surface area (Å²) in [5, 5.41) is 15.8. The molecule has 5 N–H and O–H groups in total. The van der Waals surface area contributed by atoms with Crippen molar-refractivity contribution in [2.75, 3.05) is 49.7 Å². The molecule has 1 aliphatic heterocycles. The number of carbonyl (C=O) groups is 3.